The van der Waals surface area contributed by atoms with Gasteiger partial charge in [-0.25, -0.2) is 0 Å². The van der Waals surface area contributed by atoms with Crippen molar-refractivity contribution in [3.8, 4) is 0 Å². The summed E-state index contributed by atoms with van der Waals surface area (Å²) in [6.07, 6.45) is 1.72. The van der Waals surface area contributed by atoms with Gasteiger partial charge in [-0.3, -0.25) is 9.59 Å². The molecule has 1 aromatic heterocycles. The van der Waals surface area contributed by atoms with E-state index in [-0.39, 0.29) is 18.2 Å². The number of Topliss-reactive ketones (excluding diaryl/α,β-unsaturated/α-hetero) is 1. The van der Waals surface area contributed by atoms with E-state index in [4.69, 9.17) is 0 Å². The largest absolute Gasteiger partial charge is 0.336 e. The molecule has 2 rings (SSSR count). The fraction of sp³-hybridized carbons (Fsp3) is 0.143. The molecule has 1 amide bonds. The number of nitrogens with zero attached hydrogens (tertiary/aromatic N) is 1. The van der Waals surface area contributed by atoms with E-state index in [0.717, 1.165) is 10.2 Å². The lowest BCUT2D eigenvalue weighted by Gasteiger charge is -2.08. The van der Waals surface area contributed by atoms with E-state index in [2.05, 4.69) is 21.2 Å². The molecule has 0 unspecified atom stereocenters. The van der Waals surface area contributed by atoms with Gasteiger partial charge in [-0.15, -0.1) is 0 Å². The van der Waals surface area contributed by atoms with Crippen molar-refractivity contribution in [1.82, 2.24) is 4.57 Å². The quantitative estimate of drug-likeness (QED) is 0.880. The number of ketones is 1. The van der Waals surface area contributed by atoms with Crippen LogP contribution in [0.3, 0.4) is 0 Å². The van der Waals surface area contributed by atoms with Gasteiger partial charge >= 0.3 is 0 Å². The summed E-state index contributed by atoms with van der Waals surface area (Å²) in [7, 11) is 0. The molecular weight excluding hydrogens is 308 g/mol. The normalized spacial score (nSPS) is 10.2. The third-order valence-electron chi connectivity index (χ3n) is 2.63. The molecule has 0 aliphatic carbocycles. The molecule has 0 spiro atoms. The minimum Gasteiger partial charge on any atom is -0.336 e. The van der Waals surface area contributed by atoms with Gasteiger partial charge in [0.1, 0.15) is 6.54 Å². The summed E-state index contributed by atoms with van der Waals surface area (Å²) in [6.45, 7) is 1.61. The number of nitrogens with one attached hydrogen (secondary N) is 1. The van der Waals surface area contributed by atoms with E-state index < -0.39 is 0 Å². The minimum atomic E-state index is -0.166. The second-order valence-electron chi connectivity index (χ2n) is 4.13. The first-order valence-electron chi connectivity index (χ1n) is 5.78. The Kier molecular flexibility index (Phi) is 4.16. The maximum Gasteiger partial charge on any atom is 0.244 e. The molecule has 0 saturated carbocycles. The zero-order valence-electron chi connectivity index (χ0n) is 10.4. The Balaban J connectivity index is 2.03. The Hall–Kier alpha value is -1.88. The first-order valence-corrected chi connectivity index (χ1v) is 6.57. The van der Waals surface area contributed by atoms with Crippen LogP contribution >= 0.6 is 15.9 Å². The number of halogens is 1. The molecule has 5 heteroatoms. The van der Waals surface area contributed by atoms with Crippen molar-refractivity contribution in [3.63, 3.8) is 0 Å². The summed E-state index contributed by atoms with van der Waals surface area (Å²) in [5.41, 5.74) is 1.26. The summed E-state index contributed by atoms with van der Waals surface area (Å²) in [5, 5.41) is 2.78. The van der Waals surface area contributed by atoms with Gasteiger partial charge in [0.15, 0.2) is 5.78 Å². The van der Waals surface area contributed by atoms with Gasteiger partial charge < -0.3 is 9.88 Å². The molecule has 0 bridgehead atoms. The van der Waals surface area contributed by atoms with Crippen molar-refractivity contribution in [1.29, 1.82) is 0 Å². The fourth-order valence-corrected chi connectivity index (χ4v) is 2.02. The number of hydrogen-bond acceptors (Lipinski definition) is 2. The smallest absolute Gasteiger partial charge is 0.244 e. The second-order valence-corrected chi connectivity index (χ2v) is 5.05. The van der Waals surface area contributed by atoms with Crippen LogP contribution in [0.4, 0.5) is 5.69 Å². The Morgan fingerprint density at radius 2 is 1.89 bits per heavy atom. The first-order chi connectivity index (χ1) is 9.06. The van der Waals surface area contributed by atoms with E-state index in [1.165, 1.54) is 6.92 Å². The van der Waals surface area contributed by atoms with Gasteiger partial charge in [0, 0.05) is 23.3 Å². The number of hydrogen-bond donors (Lipinski definition) is 1. The van der Waals surface area contributed by atoms with E-state index in [1.54, 1.807) is 22.9 Å². The molecule has 0 aliphatic heterocycles. The van der Waals surface area contributed by atoms with Crippen LogP contribution < -0.4 is 5.32 Å². The average Bonchev–Trinajstić information content (AvgIpc) is 2.80. The summed E-state index contributed by atoms with van der Waals surface area (Å²) in [4.78, 5) is 23.2. The van der Waals surface area contributed by atoms with E-state index in [1.807, 2.05) is 24.3 Å². The summed E-state index contributed by atoms with van der Waals surface area (Å²) in [6, 6.07) is 10.8. The number of benzene rings is 1. The molecule has 1 aromatic carbocycles. The fourth-order valence-electron chi connectivity index (χ4n) is 1.76. The van der Waals surface area contributed by atoms with Crippen LogP contribution in [-0.4, -0.2) is 16.3 Å². The third-order valence-corrected chi connectivity index (χ3v) is 3.16. The molecular formula is C14H13BrN2O2. The van der Waals surface area contributed by atoms with Crippen LogP contribution in [0.2, 0.25) is 0 Å². The second kappa shape index (κ2) is 5.84. The van der Waals surface area contributed by atoms with Gasteiger partial charge in [-0.2, -0.15) is 0 Å². The minimum absolute atomic E-state index is 0.0542. The molecule has 1 N–H and O–H groups in total. The van der Waals surface area contributed by atoms with Crippen LogP contribution in [0.5, 0.6) is 0 Å². The van der Waals surface area contributed by atoms with Gasteiger partial charge in [-0.05, 0) is 36.4 Å². The van der Waals surface area contributed by atoms with Crippen LogP contribution in [0.15, 0.2) is 47.1 Å². The van der Waals surface area contributed by atoms with Crippen molar-refractivity contribution in [3.05, 3.63) is 52.8 Å². The van der Waals surface area contributed by atoms with Gasteiger partial charge in [0.2, 0.25) is 5.91 Å². The highest BCUT2D eigenvalue weighted by atomic mass is 79.9. The zero-order valence-corrected chi connectivity index (χ0v) is 12.0. The lowest BCUT2D eigenvalue weighted by molar-refractivity contribution is -0.116. The van der Waals surface area contributed by atoms with Crippen molar-refractivity contribution in [2.75, 3.05) is 5.32 Å². The molecule has 0 aliphatic rings. The van der Waals surface area contributed by atoms with Crippen molar-refractivity contribution in [2.24, 2.45) is 0 Å². The Labute approximate surface area is 119 Å². The maximum atomic E-state index is 11.9. The molecule has 0 saturated heterocycles. The van der Waals surface area contributed by atoms with Crippen LogP contribution in [0.25, 0.3) is 0 Å². The predicted molar refractivity (Wildman–Crippen MR) is 77.2 cm³/mol. The SMILES string of the molecule is CC(=O)c1cccn1CC(=O)Nc1ccc(Br)cc1. The number of carbonyl (C=O) groups is 2. The van der Waals surface area contributed by atoms with Crippen LogP contribution in [-0.2, 0) is 11.3 Å². The highest BCUT2D eigenvalue weighted by Crippen LogP contribution is 2.14. The van der Waals surface area contributed by atoms with E-state index in [0.29, 0.717) is 5.69 Å². The van der Waals surface area contributed by atoms with Gasteiger partial charge in [-0.1, -0.05) is 15.9 Å². The lowest BCUT2D eigenvalue weighted by Crippen LogP contribution is -2.20. The van der Waals surface area contributed by atoms with E-state index in [9.17, 15) is 9.59 Å². The zero-order chi connectivity index (χ0) is 13.8. The number of amides is 1. The third kappa shape index (κ3) is 3.54. The van der Waals surface area contributed by atoms with Crippen LogP contribution in [0.1, 0.15) is 17.4 Å². The molecule has 4 nitrogen and oxygen atoms in total. The molecule has 1 heterocycles. The highest BCUT2D eigenvalue weighted by molar-refractivity contribution is 9.10. The first kappa shape index (κ1) is 13.5. The molecule has 0 radical (unpaired) electrons. The summed E-state index contributed by atoms with van der Waals surface area (Å²) in [5.74, 6) is -0.220. The molecule has 19 heavy (non-hydrogen) atoms. The predicted octanol–water partition coefficient (Wildman–Crippen LogP) is 3.09. The number of carbonyl (C=O) groups excluding carboxylic acids is 2. The Bertz CT molecular complexity index is 602. The molecule has 2 aromatic rings. The monoisotopic (exact) mass is 320 g/mol. The van der Waals surface area contributed by atoms with Crippen molar-refractivity contribution in [2.45, 2.75) is 13.5 Å². The van der Waals surface area contributed by atoms with E-state index >= 15 is 0 Å². The molecule has 98 valence electrons. The van der Waals surface area contributed by atoms with Crippen molar-refractivity contribution >= 4 is 33.3 Å². The molecule has 0 fully saturated rings. The lowest BCUT2D eigenvalue weighted by atomic mass is 10.3. The highest BCUT2D eigenvalue weighted by Gasteiger charge is 2.09. The maximum absolute atomic E-state index is 11.9. The summed E-state index contributed by atoms with van der Waals surface area (Å²) < 4.78 is 2.59. The standard InChI is InChI=1S/C14H13BrN2O2/c1-10(18)13-3-2-8-17(13)9-14(19)16-12-6-4-11(15)5-7-12/h2-8H,9H2,1H3,(H,16,19). The number of aromatic nitrogens is 1. The Morgan fingerprint density at radius 1 is 1.21 bits per heavy atom. The van der Waals surface area contributed by atoms with Crippen LogP contribution in [0, 0.1) is 0 Å². The number of rotatable bonds is 4. The average molecular weight is 321 g/mol. The molecule has 0 atom stereocenters. The van der Waals surface area contributed by atoms with Gasteiger partial charge in [0.25, 0.3) is 0 Å². The van der Waals surface area contributed by atoms with Gasteiger partial charge in [0.05, 0.1) is 5.69 Å². The van der Waals surface area contributed by atoms with Crippen molar-refractivity contribution < 1.29 is 9.59 Å². The Morgan fingerprint density at radius 3 is 2.53 bits per heavy atom. The summed E-state index contributed by atoms with van der Waals surface area (Å²) >= 11 is 3.33. The number of anilines is 1. The topological polar surface area (TPSA) is 51.1 Å².